The molecule has 0 amide bonds. The molecule has 2 rings (SSSR count). The van der Waals surface area contributed by atoms with Crippen LogP contribution in [0.1, 0.15) is 0 Å². The lowest BCUT2D eigenvalue weighted by molar-refractivity contribution is 1.60. The summed E-state index contributed by atoms with van der Waals surface area (Å²) in [6.07, 6.45) is 0. The number of rotatable bonds is 1. The average Bonchev–Trinajstić information content (AvgIpc) is 2.28. The zero-order valence-electron chi connectivity index (χ0n) is 8.87. The van der Waals surface area contributed by atoms with E-state index < -0.39 is 0 Å². The van der Waals surface area contributed by atoms with Gasteiger partial charge >= 0.3 is 0 Å². The van der Waals surface area contributed by atoms with Crippen LogP contribution in [0, 0.1) is 0 Å². The fourth-order valence-electron chi connectivity index (χ4n) is 1.60. The van der Waals surface area contributed by atoms with E-state index in [-0.39, 0.29) is 0 Å². The van der Waals surface area contributed by atoms with Crippen molar-refractivity contribution in [3.05, 3.63) is 40.4 Å². The maximum Gasteiger partial charge on any atom is 0.0729 e. The van der Waals surface area contributed by atoms with Crippen molar-refractivity contribution in [2.45, 2.75) is 0 Å². The first-order valence-electron chi connectivity index (χ1n) is 4.89. The first-order chi connectivity index (χ1) is 8.00. The first-order valence-corrected chi connectivity index (χ1v) is 5.65. The Morgan fingerprint density at radius 3 is 2.12 bits per heavy atom. The van der Waals surface area contributed by atoms with Gasteiger partial charge in [0.2, 0.25) is 0 Å². The predicted octanol–water partition coefficient (Wildman–Crippen LogP) is 3.41. The molecule has 0 fully saturated rings. The van der Waals surface area contributed by atoms with E-state index in [2.05, 4.69) is 0 Å². The molecule has 0 bridgehead atoms. The lowest BCUT2D eigenvalue weighted by atomic mass is 10.0. The van der Waals surface area contributed by atoms with Crippen LogP contribution in [0.4, 0.5) is 17.1 Å². The molecular weight excluding hydrogens is 257 g/mol. The topological polar surface area (TPSA) is 78.1 Å². The van der Waals surface area contributed by atoms with Gasteiger partial charge in [-0.2, -0.15) is 0 Å². The third kappa shape index (κ3) is 2.12. The summed E-state index contributed by atoms with van der Waals surface area (Å²) < 4.78 is 0. The summed E-state index contributed by atoms with van der Waals surface area (Å²) in [6.45, 7) is 0. The Hall–Kier alpha value is -1.58. The highest BCUT2D eigenvalue weighted by atomic mass is 35.5. The van der Waals surface area contributed by atoms with Crippen LogP contribution >= 0.6 is 23.2 Å². The van der Waals surface area contributed by atoms with Crippen molar-refractivity contribution in [1.82, 2.24) is 0 Å². The number of halogens is 2. The van der Waals surface area contributed by atoms with Gasteiger partial charge < -0.3 is 17.2 Å². The largest absolute Gasteiger partial charge is 0.399 e. The van der Waals surface area contributed by atoms with E-state index in [1.807, 2.05) is 0 Å². The van der Waals surface area contributed by atoms with Crippen LogP contribution in [0.2, 0.25) is 10.0 Å². The summed E-state index contributed by atoms with van der Waals surface area (Å²) in [6, 6.07) is 8.71. The number of nitrogen functional groups attached to an aromatic ring is 3. The van der Waals surface area contributed by atoms with Crippen molar-refractivity contribution in [1.29, 1.82) is 0 Å². The van der Waals surface area contributed by atoms with E-state index in [0.29, 0.717) is 27.1 Å². The highest BCUT2D eigenvalue weighted by Crippen LogP contribution is 2.39. The monoisotopic (exact) mass is 267 g/mol. The maximum atomic E-state index is 6.15. The molecule has 0 radical (unpaired) electrons. The number of hydrogen-bond acceptors (Lipinski definition) is 3. The minimum absolute atomic E-state index is 0.349. The van der Waals surface area contributed by atoms with Gasteiger partial charge in [-0.25, -0.2) is 0 Å². The Kier molecular flexibility index (Phi) is 3.05. The van der Waals surface area contributed by atoms with Crippen molar-refractivity contribution in [3.8, 4) is 11.1 Å². The van der Waals surface area contributed by atoms with Crippen LogP contribution < -0.4 is 17.2 Å². The molecule has 88 valence electrons. The van der Waals surface area contributed by atoms with Gasteiger partial charge in [-0.3, -0.25) is 0 Å². The predicted molar refractivity (Wildman–Crippen MR) is 75.1 cm³/mol. The first kappa shape index (κ1) is 11.9. The second-order valence-electron chi connectivity index (χ2n) is 3.67. The third-order valence-corrected chi connectivity index (χ3v) is 3.23. The highest BCUT2D eigenvalue weighted by Gasteiger charge is 2.11. The van der Waals surface area contributed by atoms with Crippen LogP contribution in [0.15, 0.2) is 30.3 Å². The van der Waals surface area contributed by atoms with Crippen LogP contribution in [-0.4, -0.2) is 0 Å². The van der Waals surface area contributed by atoms with Crippen molar-refractivity contribution in [2.24, 2.45) is 0 Å². The molecule has 2 aromatic carbocycles. The summed E-state index contributed by atoms with van der Waals surface area (Å²) in [5, 5.41) is 0.821. The number of hydrogen-bond donors (Lipinski definition) is 3. The molecule has 6 N–H and O–H groups in total. The van der Waals surface area contributed by atoms with Crippen LogP contribution in [-0.2, 0) is 0 Å². The number of anilines is 3. The molecule has 3 nitrogen and oxygen atoms in total. The second kappa shape index (κ2) is 4.35. The molecule has 0 aromatic heterocycles. The number of nitrogens with two attached hydrogens (primary N) is 3. The lowest BCUT2D eigenvalue weighted by Gasteiger charge is -2.11. The normalized spacial score (nSPS) is 10.5. The van der Waals surface area contributed by atoms with Crippen molar-refractivity contribution in [3.63, 3.8) is 0 Å². The number of benzene rings is 2. The molecule has 5 heteroatoms. The minimum Gasteiger partial charge on any atom is -0.399 e. The van der Waals surface area contributed by atoms with Gasteiger partial charge in [-0.1, -0.05) is 35.3 Å². The van der Waals surface area contributed by atoms with Gasteiger partial charge in [0.1, 0.15) is 0 Å². The van der Waals surface area contributed by atoms with Crippen LogP contribution in [0.25, 0.3) is 11.1 Å². The maximum absolute atomic E-state index is 6.15. The molecule has 2 aromatic rings. The smallest absolute Gasteiger partial charge is 0.0729 e. The van der Waals surface area contributed by atoms with Gasteiger partial charge in [0.15, 0.2) is 0 Å². The molecule has 17 heavy (non-hydrogen) atoms. The van der Waals surface area contributed by atoms with Crippen molar-refractivity contribution >= 4 is 40.3 Å². The Labute approximate surface area is 109 Å². The SMILES string of the molecule is Nc1ccc(-c2ccc(Cl)c(N)c2Cl)c(N)c1. The summed E-state index contributed by atoms with van der Waals surface area (Å²) in [7, 11) is 0. The van der Waals surface area contributed by atoms with Crippen molar-refractivity contribution in [2.75, 3.05) is 17.2 Å². The molecule has 0 spiro atoms. The van der Waals surface area contributed by atoms with E-state index in [9.17, 15) is 0 Å². The van der Waals surface area contributed by atoms with Crippen LogP contribution in [0.3, 0.4) is 0 Å². The van der Waals surface area contributed by atoms with Crippen molar-refractivity contribution < 1.29 is 0 Å². The van der Waals surface area contributed by atoms with E-state index in [1.54, 1.807) is 30.3 Å². The fraction of sp³-hybridized carbons (Fsp3) is 0. The molecule has 0 aliphatic heterocycles. The molecular formula is C12H11Cl2N3. The Morgan fingerprint density at radius 2 is 1.47 bits per heavy atom. The summed E-state index contributed by atoms with van der Waals surface area (Å²) in [5.74, 6) is 0. The molecule has 0 aliphatic rings. The Bertz CT molecular complexity index is 582. The van der Waals surface area contributed by atoms with Crippen LogP contribution in [0.5, 0.6) is 0 Å². The third-order valence-electron chi connectivity index (χ3n) is 2.49. The quantitative estimate of drug-likeness (QED) is 0.693. The minimum atomic E-state index is 0.349. The molecule has 0 aliphatic carbocycles. The second-order valence-corrected chi connectivity index (χ2v) is 4.45. The van der Waals surface area contributed by atoms with E-state index in [1.165, 1.54) is 0 Å². The van der Waals surface area contributed by atoms with Gasteiger partial charge in [-0.05, 0) is 18.2 Å². The Balaban J connectivity index is 2.65. The van der Waals surface area contributed by atoms with E-state index in [4.69, 9.17) is 40.4 Å². The molecule has 0 heterocycles. The Morgan fingerprint density at radius 1 is 0.824 bits per heavy atom. The average molecular weight is 268 g/mol. The summed E-state index contributed by atoms with van der Waals surface area (Å²) in [5.41, 5.74) is 20.3. The summed E-state index contributed by atoms with van der Waals surface area (Å²) in [4.78, 5) is 0. The summed E-state index contributed by atoms with van der Waals surface area (Å²) >= 11 is 12.0. The van der Waals surface area contributed by atoms with Gasteiger partial charge in [0.05, 0.1) is 15.7 Å². The zero-order valence-corrected chi connectivity index (χ0v) is 10.4. The molecule has 0 atom stereocenters. The van der Waals surface area contributed by atoms with Gasteiger partial charge in [0, 0.05) is 22.5 Å². The zero-order chi connectivity index (χ0) is 12.6. The fourth-order valence-corrected chi connectivity index (χ4v) is 2.08. The van der Waals surface area contributed by atoms with E-state index >= 15 is 0 Å². The molecule has 0 unspecified atom stereocenters. The van der Waals surface area contributed by atoms with E-state index in [0.717, 1.165) is 11.1 Å². The standard InChI is InChI=1S/C12H11Cl2N3/c13-9-4-3-8(11(14)12(9)17)7-2-1-6(15)5-10(7)16/h1-5H,15-17H2. The van der Waals surface area contributed by atoms with Gasteiger partial charge in [0.25, 0.3) is 0 Å². The molecule has 0 saturated heterocycles. The lowest BCUT2D eigenvalue weighted by Crippen LogP contribution is -1.95. The molecule has 0 saturated carbocycles. The van der Waals surface area contributed by atoms with Gasteiger partial charge in [-0.15, -0.1) is 0 Å². The highest BCUT2D eigenvalue weighted by molar-refractivity contribution is 6.40.